The van der Waals surface area contributed by atoms with Crippen molar-refractivity contribution in [3.63, 3.8) is 0 Å². The van der Waals surface area contributed by atoms with Crippen LogP contribution in [0.4, 0.5) is 0 Å². The smallest absolute Gasteiger partial charge is 0.00660 e. The first-order valence-corrected chi connectivity index (χ1v) is 4.09. The molecule has 0 saturated heterocycles. The molecule has 1 heteroatoms. The van der Waals surface area contributed by atoms with Crippen molar-refractivity contribution in [2.75, 3.05) is 7.05 Å². The summed E-state index contributed by atoms with van der Waals surface area (Å²) in [5.41, 5.74) is 1.37. The highest BCUT2D eigenvalue weighted by Gasteiger charge is 1.92. The van der Waals surface area contributed by atoms with Crippen molar-refractivity contribution >= 4 is 0 Å². The molecule has 60 valence electrons. The molecule has 0 aromatic rings. The van der Waals surface area contributed by atoms with E-state index in [2.05, 4.69) is 32.2 Å². The van der Waals surface area contributed by atoms with Crippen LogP contribution in [0.15, 0.2) is 11.8 Å². The Morgan fingerprint density at radius 3 is 2.40 bits per heavy atom. The molecule has 0 fully saturated rings. The fraction of sp³-hybridized carbons (Fsp3) is 0.778. The van der Waals surface area contributed by atoms with Gasteiger partial charge in [-0.15, -0.1) is 0 Å². The van der Waals surface area contributed by atoms with Crippen LogP contribution < -0.4 is 5.32 Å². The van der Waals surface area contributed by atoms with Crippen LogP contribution in [0.1, 0.15) is 33.6 Å². The summed E-state index contributed by atoms with van der Waals surface area (Å²) >= 11 is 0. The minimum atomic E-state index is 0.661. The Labute approximate surface area is 64.5 Å². The highest BCUT2D eigenvalue weighted by Crippen LogP contribution is 2.04. The van der Waals surface area contributed by atoms with Gasteiger partial charge in [0.1, 0.15) is 0 Å². The summed E-state index contributed by atoms with van der Waals surface area (Å²) in [6.07, 6.45) is 4.68. The molecule has 0 rings (SSSR count). The molecule has 0 aliphatic carbocycles. The zero-order chi connectivity index (χ0) is 7.98. The van der Waals surface area contributed by atoms with Crippen LogP contribution in [0, 0.1) is 5.92 Å². The van der Waals surface area contributed by atoms with Gasteiger partial charge in [0.05, 0.1) is 0 Å². The second-order valence-corrected chi connectivity index (χ2v) is 2.94. The van der Waals surface area contributed by atoms with Gasteiger partial charge in [-0.2, -0.15) is 0 Å². The molecule has 0 aromatic heterocycles. The number of allylic oxidation sites excluding steroid dienone is 2. The van der Waals surface area contributed by atoms with E-state index >= 15 is 0 Å². The Morgan fingerprint density at radius 2 is 2.10 bits per heavy atom. The highest BCUT2D eigenvalue weighted by molar-refractivity contribution is 4.99. The lowest BCUT2D eigenvalue weighted by Crippen LogP contribution is -2.06. The molecule has 10 heavy (non-hydrogen) atoms. The lowest BCUT2D eigenvalue weighted by Gasteiger charge is -2.06. The van der Waals surface area contributed by atoms with E-state index in [9.17, 15) is 0 Å². The van der Waals surface area contributed by atoms with Crippen LogP contribution in [0.5, 0.6) is 0 Å². The molecule has 0 aliphatic rings. The van der Waals surface area contributed by atoms with Gasteiger partial charge in [-0.05, 0) is 12.3 Å². The molecule has 0 spiro atoms. The molecule has 0 aromatic carbocycles. The van der Waals surface area contributed by atoms with Gasteiger partial charge in [0, 0.05) is 12.7 Å². The van der Waals surface area contributed by atoms with Crippen molar-refractivity contribution in [1.29, 1.82) is 0 Å². The van der Waals surface area contributed by atoms with Crippen molar-refractivity contribution in [3.05, 3.63) is 11.8 Å². The SMILES string of the molecule is CCC/C(=C/C(C)C)NC. The van der Waals surface area contributed by atoms with Crippen LogP contribution in [0.25, 0.3) is 0 Å². The Balaban J connectivity index is 3.78. The molecule has 0 bridgehead atoms. The van der Waals surface area contributed by atoms with E-state index in [-0.39, 0.29) is 0 Å². The highest BCUT2D eigenvalue weighted by atomic mass is 14.8. The van der Waals surface area contributed by atoms with Gasteiger partial charge in [-0.3, -0.25) is 0 Å². The maximum atomic E-state index is 3.20. The fourth-order valence-corrected chi connectivity index (χ4v) is 0.963. The summed E-state index contributed by atoms with van der Waals surface area (Å²) in [6.45, 7) is 6.60. The molecule has 0 unspecified atom stereocenters. The van der Waals surface area contributed by atoms with Crippen LogP contribution in [0.2, 0.25) is 0 Å². The summed E-state index contributed by atoms with van der Waals surface area (Å²) in [4.78, 5) is 0. The van der Waals surface area contributed by atoms with Crippen LogP contribution in [-0.2, 0) is 0 Å². The van der Waals surface area contributed by atoms with Crippen molar-refractivity contribution in [1.82, 2.24) is 5.32 Å². The Morgan fingerprint density at radius 1 is 1.50 bits per heavy atom. The number of nitrogens with one attached hydrogen (secondary N) is 1. The second-order valence-electron chi connectivity index (χ2n) is 2.94. The largest absolute Gasteiger partial charge is 0.392 e. The maximum absolute atomic E-state index is 3.20. The maximum Gasteiger partial charge on any atom is 0.00660 e. The Bertz CT molecular complexity index is 103. The van der Waals surface area contributed by atoms with E-state index in [1.165, 1.54) is 18.5 Å². The van der Waals surface area contributed by atoms with Crippen LogP contribution >= 0.6 is 0 Å². The third-order valence-electron chi connectivity index (χ3n) is 1.37. The molecular formula is C9H19N. The average Bonchev–Trinajstić information content (AvgIpc) is 1.86. The van der Waals surface area contributed by atoms with Gasteiger partial charge in [0.25, 0.3) is 0 Å². The minimum Gasteiger partial charge on any atom is -0.392 e. The van der Waals surface area contributed by atoms with Gasteiger partial charge >= 0.3 is 0 Å². The zero-order valence-corrected chi connectivity index (χ0v) is 7.57. The predicted octanol–water partition coefficient (Wildman–Crippen LogP) is 2.55. The summed E-state index contributed by atoms with van der Waals surface area (Å²) in [5, 5.41) is 3.20. The van der Waals surface area contributed by atoms with Crippen molar-refractivity contribution in [3.8, 4) is 0 Å². The quantitative estimate of drug-likeness (QED) is 0.634. The molecular weight excluding hydrogens is 122 g/mol. The number of rotatable bonds is 4. The first-order chi connectivity index (χ1) is 4.70. The Hall–Kier alpha value is -0.460. The molecule has 0 amide bonds. The zero-order valence-electron chi connectivity index (χ0n) is 7.57. The number of hydrogen-bond acceptors (Lipinski definition) is 1. The van der Waals surface area contributed by atoms with Crippen LogP contribution in [0.3, 0.4) is 0 Å². The summed E-state index contributed by atoms with van der Waals surface area (Å²) < 4.78 is 0. The summed E-state index contributed by atoms with van der Waals surface area (Å²) in [5.74, 6) is 0.661. The molecule has 0 atom stereocenters. The van der Waals surface area contributed by atoms with Crippen molar-refractivity contribution in [2.45, 2.75) is 33.6 Å². The molecule has 0 radical (unpaired) electrons. The van der Waals surface area contributed by atoms with E-state index in [0.717, 1.165) is 0 Å². The standard InChI is InChI=1S/C9H19N/c1-5-6-9(10-4)7-8(2)3/h7-8,10H,5-6H2,1-4H3/b9-7-. The van der Waals surface area contributed by atoms with E-state index in [0.29, 0.717) is 5.92 Å². The second kappa shape index (κ2) is 5.33. The monoisotopic (exact) mass is 141 g/mol. The predicted molar refractivity (Wildman–Crippen MR) is 46.9 cm³/mol. The summed E-state index contributed by atoms with van der Waals surface area (Å²) in [7, 11) is 1.99. The third-order valence-corrected chi connectivity index (χ3v) is 1.37. The summed E-state index contributed by atoms with van der Waals surface area (Å²) in [6, 6.07) is 0. The van der Waals surface area contributed by atoms with Gasteiger partial charge < -0.3 is 5.32 Å². The Kier molecular flexibility index (Phi) is 5.09. The van der Waals surface area contributed by atoms with Gasteiger partial charge in [0.15, 0.2) is 0 Å². The fourth-order valence-electron chi connectivity index (χ4n) is 0.963. The van der Waals surface area contributed by atoms with E-state index in [4.69, 9.17) is 0 Å². The lowest BCUT2D eigenvalue weighted by atomic mass is 10.1. The first-order valence-electron chi connectivity index (χ1n) is 4.09. The normalized spacial score (nSPS) is 12.3. The van der Waals surface area contributed by atoms with E-state index in [1.807, 2.05) is 7.05 Å². The van der Waals surface area contributed by atoms with Crippen molar-refractivity contribution in [2.24, 2.45) is 5.92 Å². The molecule has 0 saturated carbocycles. The molecule has 0 heterocycles. The molecule has 1 N–H and O–H groups in total. The first kappa shape index (κ1) is 9.54. The van der Waals surface area contributed by atoms with Crippen LogP contribution in [-0.4, -0.2) is 7.05 Å². The average molecular weight is 141 g/mol. The van der Waals surface area contributed by atoms with E-state index in [1.54, 1.807) is 0 Å². The van der Waals surface area contributed by atoms with E-state index < -0.39 is 0 Å². The van der Waals surface area contributed by atoms with Gasteiger partial charge in [0.2, 0.25) is 0 Å². The molecule has 1 nitrogen and oxygen atoms in total. The number of hydrogen-bond donors (Lipinski definition) is 1. The minimum absolute atomic E-state index is 0.661. The van der Waals surface area contributed by atoms with Crippen molar-refractivity contribution < 1.29 is 0 Å². The van der Waals surface area contributed by atoms with Gasteiger partial charge in [-0.25, -0.2) is 0 Å². The van der Waals surface area contributed by atoms with Gasteiger partial charge in [-0.1, -0.05) is 33.3 Å². The molecule has 0 aliphatic heterocycles. The topological polar surface area (TPSA) is 12.0 Å². The lowest BCUT2D eigenvalue weighted by molar-refractivity contribution is 0.755. The third kappa shape index (κ3) is 4.42.